The summed E-state index contributed by atoms with van der Waals surface area (Å²) in [5.41, 5.74) is 6.22. The fraction of sp³-hybridized carbons (Fsp3) is 0.500. The zero-order valence-electron chi connectivity index (χ0n) is 13.3. The lowest BCUT2D eigenvalue weighted by Gasteiger charge is -2.12. The van der Waals surface area contributed by atoms with E-state index < -0.39 is 6.10 Å². The van der Waals surface area contributed by atoms with E-state index in [2.05, 4.69) is 10.6 Å². The van der Waals surface area contributed by atoms with E-state index in [1.807, 2.05) is 0 Å². The molecule has 0 spiro atoms. The summed E-state index contributed by atoms with van der Waals surface area (Å²) in [6, 6.07) is 6.92. The molecule has 2 amide bonds. The number of carbonyl (C=O) groups is 2. The molecule has 2 atom stereocenters. The van der Waals surface area contributed by atoms with E-state index in [0.717, 1.165) is 6.42 Å². The van der Waals surface area contributed by atoms with Gasteiger partial charge in [0.2, 0.25) is 11.8 Å². The van der Waals surface area contributed by atoms with Gasteiger partial charge in [-0.2, -0.15) is 0 Å². The van der Waals surface area contributed by atoms with Crippen LogP contribution in [0.2, 0.25) is 5.02 Å². The predicted molar refractivity (Wildman–Crippen MR) is 96.5 cm³/mol. The molecule has 24 heavy (non-hydrogen) atoms. The van der Waals surface area contributed by atoms with Crippen LogP contribution in [0.1, 0.15) is 25.7 Å². The number of carbonyl (C=O) groups excluding carboxylic acids is 2. The lowest BCUT2D eigenvalue weighted by molar-refractivity contribution is -0.132. The zero-order valence-corrected chi connectivity index (χ0v) is 14.9. The van der Waals surface area contributed by atoms with Gasteiger partial charge in [-0.3, -0.25) is 9.59 Å². The minimum absolute atomic E-state index is 0. The van der Waals surface area contributed by atoms with E-state index in [9.17, 15) is 9.59 Å². The van der Waals surface area contributed by atoms with Crippen molar-refractivity contribution in [1.82, 2.24) is 5.32 Å². The Morgan fingerprint density at radius 2 is 1.96 bits per heavy atom. The minimum Gasteiger partial charge on any atom is -0.364 e. The van der Waals surface area contributed by atoms with Crippen molar-refractivity contribution < 1.29 is 14.3 Å². The molecule has 1 fully saturated rings. The van der Waals surface area contributed by atoms with Gasteiger partial charge < -0.3 is 21.1 Å². The highest BCUT2D eigenvalue weighted by Gasteiger charge is 2.29. The monoisotopic (exact) mass is 375 g/mol. The molecule has 134 valence electrons. The van der Waals surface area contributed by atoms with Gasteiger partial charge in [-0.05, 0) is 43.5 Å². The van der Waals surface area contributed by atoms with Crippen LogP contribution in [-0.2, 0) is 14.3 Å². The molecule has 1 saturated heterocycles. The van der Waals surface area contributed by atoms with Crippen LogP contribution in [0.3, 0.4) is 0 Å². The number of rotatable bonds is 7. The van der Waals surface area contributed by atoms with Gasteiger partial charge in [-0.15, -0.1) is 12.4 Å². The lowest BCUT2D eigenvalue weighted by atomic mass is 10.2. The predicted octanol–water partition coefficient (Wildman–Crippen LogP) is 2.10. The quantitative estimate of drug-likeness (QED) is 0.636. The maximum atomic E-state index is 11.9. The van der Waals surface area contributed by atoms with Gasteiger partial charge in [0.1, 0.15) is 6.10 Å². The third-order valence-electron chi connectivity index (χ3n) is 3.67. The van der Waals surface area contributed by atoms with E-state index in [-0.39, 0.29) is 30.3 Å². The number of hydrogen-bond donors (Lipinski definition) is 3. The summed E-state index contributed by atoms with van der Waals surface area (Å²) < 4.78 is 5.51. The highest BCUT2D eigenvalue weighted by molar-refractivity contribution is 6.30. The van der Waals surface area contributed by atoms with Gasteiger partial charge in [-0.1, -0.05) is 11.6 Å². The smallest absolute Gasteiger partial charge is 0.249 e. The first-order valence-corrected chi connectivity index (χ1v) is 8.15. The second-order valence-electron chi connectivity index (χ2n) is 5.51. The molecule has 0 aromatic heterocycles. The molecule has 0 unspecified atom stereocenters. The van der Waals surface area contributed by atoms with Crippen LogP contribution in [0.25, 0.3) is 0 Å². The molecule has 1 aliphatic rings. The Hall–Kier alpha value is -1.34. The number of nitrogens with two attached hydrogens (primary N) is 1. The van der Waals surface area contributed by atoms with Gasteiger partial charge in [0.05, 0.1) is 6.10 Å². The van der Waals surface area contributed by atoms with Gasteiger partial charge in [0.15, 0.2) is 0 Å². The number of hydrogen-bond acceptors (Lipinski definition) is 4. The first-order chi connectivity index (χ1) is 11.1. The maximum Gasteiger partial charge on any atom is 0.249 e. The lowest BCUT2D eigenvalue weighted by Crippen LogP contribution is -2.36. The third-order valence-corrected chi connectivity index (χ3v) is 3.92. The largest absolute Gasteiger partial charge is 0.364 e. The second kappa shape index (κ2) is 10.5. The molecule has 2 rings (SSSR count). The van der Waals surface area contributed by atoms with Crippen LogP contribution in [0.15, 0.2) is 24.3 Å². The SMILES string of the molecule is Cl.NC[C@H]1CC[C@@H](C(=O)NCCCC(=O)Nc2ccc(Cl)cc2)O1. The Labute approximate surface area is 152 Å². The highest BCUT2D eigenvalue weighted by Crippen LogP contribution is 2.18. The normalized spacial score (nSPS) is 19.4. The molecule has 0 aliphatic carbocycles. The molecular weight excluding hydrogens is 353 g/mol. The Kier molecular flexibility index (Phi) is 9.07. The number of halogens is 2. The van der Waals surface area contributed by atoms with Gasteiger partial charge >= 0.3 is 0 Å². The molecular formula is C16H23Cl2N3O3. The minimum atomic E-state index is -0.411. The van der Waals surface area contributed by atoms with Crippen LogP contribution in [0.5, 0.6) is 0 Å². The Bertz CT molecular complexity index is 540. The van der Waals surface area contributed by atoms with Crippen LogP contribution in [0.4, 0.5) is 5.69 Å². The first-order valence-electron chi connectivity index (χ1n) is 7.77. The Morgan fingerprint density at radius 1 is 1.25 bits per heavy atom. The van der Waals surface area contributed by atoms with Crippen LogP contribution < -0.4 is 16.4 Å². The molecule has 0 bridgehead atoms. The maximum absolute atomic E-state index is 11.9. The van der Waals surface area contributed by atoms with Crippen molar-refractivity contribution in [1.29, 1.82) is 0 Å². The van der Waals surface area contributed by atoms with Gasteiger partial charge in [0.25, 0.3) is 0 Å². The third kappa shape index (κ3) is 6.65. The summed E-state index contributed by atoms with van der Waals surface area (Å²) in [5, 5.41) is 6.19. The van der Waals surface area contributed by atoms with Gasteiger partial charge in [-0.25, -0.2) is 0 Å². The topological polar surface area (TPSA) is 93.5 Å². The molecule has 0 radical (unpaired) electrons. The van der Waals surface area contributed by atoms with E-state index >= 15 is 0 Å². The molecule has 4 N–H and O–H groups in total. The highest BCUT2D eigenvalue weighted by atomic mass is 35.5. The van der Waals surface area contributed by atoms with Crippen LogP contribution in [-0.4, -0.2) is 37.1 Å². The van der Waals surface area contributed by atoms with E-state index in [1.54, 1.807) is 24.3 Å². The summed E-state index contributed by atoms with van der Waals surface area (Å²) in [6.07, 6.45) is 1.99. The van der Waals surface area contributed by atoms with Crippen LogP contribution >= 0.6 is 24.0 Å². The molecule has 1 aliphatic heterocycles. The Morgan fingerprint density at radius 3 is 2.58 bits per heavy atom. The van der Waals surface area contributed by atoms with E-state index in [4.69, 9.17) is 22.1 Å². The molecule has 0 saturated carbocycles. The Balaban J connectivity index is 0.00000288. The van der Waals surface area contributed by atoms with Crippen molar-refractivity contribution in [3.8, 4) is 0 Å². The second-order valence-corrected chi connectivity index (χ2v) is 5.95. The fourth-order valence-corrected chi connectivity index (χ4v) is 2.53. The molecule has 1 aromatic carbocycles. The zero-order chi connectivity index (χ0) is 16.7. The number of nitrogens with one attached hydrogen (secondary N) is 2. The standard InChI is InChI=1S/C16H22ClN3O3.ClH/c17-11-3-5-12(6-4-11)20-15(21)2-1-9-19-16(22)14-8-7-13(10-18)23-14;/h3-6,13-14H,1-2,7-10,18H2,(H,19,22)(H,20,21);1H/t13-,14+;/m1./s1. The molecule has 8 heteroatoms. The van der Waals surface area contributed by atoms with Crippen LogP contribution in [0, 0.1) is 0 Å². The fourth-order valence-electron chi connectivity index (χ4n) is 2.40. The van der Waals surface area contributed by atoms with Crippen molar-refractivity contribution >= 4 is 41.5 Å². The molecule has 1 aromatic rings. The first kappa shape index (κ1) is 20.7. The number of anilines is 1. The van der Waals surface area contributed by atoms with Crippen molar-refractivity contribution in [2.24, 2.45) is 5.73 Å². The van der Waals surface area contributed by atoms with Crippen molar-refractivity contribution in [2.45, 2.75) is 37.9 Å². The number of amides is 2. The van der Waals surface area contributed by atoms with Crippen molar-refractivity contribution in [3.63, 3.8) is 0 Å². The summed E-state index contributed by atoms with van der Waals surface area (Å²) in [5.74, 6) is -0.221. The average molecular weight is 376 g/mol. The van der Waals surface area contributed by atoms with E-state index in [1.165, 1.54) is 0 Å². The van der Waals surface area contributed by atoms with Gasteiger partial charge in [0, 0.05) is 30.2 Å². The summed E-state index contributed by atoms with van der Waals surface area (Å²) >= 11 is 5.78. The van der Waals surface area contributed by atoms with Crippen molar-refractivity contribution in [3.05, 3.63) is 29.3 Å². The molecule has 1 heterocycles. The summed E-state index contributed by atoms with van der Waals surface area (Å²) in [7, 11) is 0. The number of benzene rings is 1. The van der Waals surface area contributed by atoms with Crippen molar-refractivity contribution in [2.75, 3.05) is 18.4 Å². The number of ether oxygens (including phenoxy) is 1. The summed E-state index contributed by atoms with van der Waals surface area (Å²) in [4.78, 5) is 23.7. The summed E-state index contributed by atoms with van der Waals surface area (Å²) in [6.45, 7) is 0.884. The molecule has 6 nitrogen and oxygen atoms in total. The average Bonchev–Trinajstić information content (AvgIpc) is 3.03. The van der Waals surface area contributed by atoms with E-state index in [0.29, 0.717) is 43.1 Å².